The summed E-state index contributed by atoms with van der Waals surface area (Å²) in [5.41, 5.74) is -3.85. The lowest BCUT2D eigenvalue weighted by Crippen LogP contribution is -2.51. The van der Waals surface area contributed by atoms with E-state index in [4.69, 9.17) is 20.4 Å². The molecule has 0 amide bonds. The number of hydrogen-bond donors (Lipinski definition) is 4. The van der Waals surface area contributed by atoms with Gasteiger partial charge in [-0.25, -0.2) is 0 Å². The van der Waals surface area contributed by atoms with Crippen molar-refractivity contribution in [3.8, 4) is 0 Å². The van der Waals surface area contributed by atoms with Crippen LogP contribution in [-0.2, 0) is 19.2 Å². The third-order valence-electron chi connectivity index (χ3n) is 5.18. The highest BCUT2D eigenvalue weighted by Gasteiger charge is 2.55. The van der Waals surface area contributed by atoms with Gasteiger partial charge in [-0.3, -0.25) is 19.2 Å². The van der Waals surface area contributed by atoms with Gasteiger partial charge in [0.1, 0.15) is 0 Å². The fourth-order valence-electron chi connectivity index (χ4n) is 3.07. The van der Waals surface area contributed by atoms with E-state index < -0.39 is 65.8 Å². The van der Waals surface area contributed by atoms with Gasteiger partial charge in [0.15, 0.2) is 0 Å². The Balaban J connectivity index is 6.10. The smallest absolute Gasteiger partial charge is 0.303 e. The van der Waals surface area contributed by atoms with Crippen LogP contribution in [0.3, 0.4) is 0 Å². The van der Waals surface area contributed by atoms with Crippen molar-refractivity contribution in [2.45, 2.75) is 53.4 Å². The first-order valence-electron chi connectivity index (χ1n) is 7.04. The van der Waals surface area contributed by atoms with Gasteiger partial charge in [0, 0.05) is 0 Å². The molecule has 8 heteroatoms. The molecule has 0 saturated heterocycles. The number of hydrogen-bond acceptors (Lipinski definition) is 4. The number of carboxylic acids is 4. The molecular formula is C15H24O8. The van der Waals surface area contributed by atoms with E-state index in [1.807, 2.05) is 0 Å². The van der Waals surface area contributed by atoms with Crippen LogP contribution in [0.4, 0.5) is 0 Å². The number of aliphatic carboxylic acids is 4. The Hall–Kier alpha value is -2.12. The van der Waals surface area contributed by atoms with Gasteiger partial charge in [0.05, 0.1) is 25.7 Å². The first-order chi connectivity index (χ1) is 10.2. The molecule has 0 spiro atoms. The highest BCUT2D eigenvalue weighted by atomic mass is 16.4. The largest absolute Gasteiger partial charge is 0.481 e. The predicted octanol–water partition coefficient (Wildman–Crippen LogP) is 1.92. The van der Waals surface area contributed by atoms with Gasteiger partial charge in [-0.1, -0.05) is 27.7 Å². The normalized spacial score (nSPS) is 12.7. The highest BCUT2D eigenvalue weighted by Crippen LogP contribution is 2.58. The van der Waals surface area contributed by atoms with Crippen molar-refractivity contribution in [1.29, 1.82) is 0 Å². The SMILES string of the molecule is CC(CC(=O)O)(CC(=O)O)C(C)(C)C(C)(CC(=O)O)CC(=O)O. The Labute approximate surface area is 134 Å². The molecule has 0 rings (SSSR count). The van der Waals surface area contributed by atoms with Crippen LogP contribution < -0.4 is 0 Å². The molecule has 8 nitrogen and oxygen atoms in total. The van der Waals surface area contributed by atoms with Crippen LogP contribution >= 0.6 is 0 Å². The van der Waals surface area contributed by atoms with Crippen molar-refractivity contribution >= 4 is 23.9 Å². The Kier molecular flexibility index (Phi) is 6.33. The molecule has 0 aromatic carbocycles. The molecular weight excluding hydrogens is 308 g/mol. The maximum absolute atomic E-state index is 11.2. The molecule has 0 aliphatic heterocycles. The van der Waals surface area contributed by atoms with Crippen LogP contribution in [0, 0.1) is 16.2 Å². The van der Waals surface area contributed by atoms with Crippen molar-refractivity contribution in [3.05, 3.63) is 0 Å². The first kappa shape index (κ1) is 20.9. The summed E-state index contributed by atoms with van der Waals surface area (Å²) in [6, 6.07) is 0. The van der Waals surface area contributed by atoms with E-state index in [1.54, 1.807) is 0 Å². The summed E-state index contributed by atoms with van der Waals surface area (Å²) >= 11 is 0. The van der Waals surface area contributed by atoms with E-state index in [9.17, 15) is 19.2 Å². The Bertz CT molecular complexity index is 430. The lowest BCUT2D eigenvalue weighted by Gasteiger charge is -2.53. The summed E-state index contributed by atoms with van der Waals surface area (Å²) in [4.78, 5) is 44.8. The summed E-state index contributed by atoms with van der Waals surface area (Å²) in [6.45, 7) is 5.95. The number of carbonyl (C=O) groups is 4. The van der Waals surface area contributed by atoms with Gasteiger partial charge in [0.2, 0.25) is 0 Å². The van der Waals surface area contributed by atoms with Crippen LogP contribution in [0.2, 0.25) is 0 Å². The maximum atomic E-state index is 11.2. The van der Waals surface area contributed by atoms with E-state index in [0.29, 0.717) is 0 Å². The predicted molar refractivity (Wildman–Crippen MR) is 79.0 cm³/mol. The fraction of sp³-hybridized carbons (Fsp3) is 0.733. The van der Waals surface area contributed by atoms with E-state index in [2.05, 4.69) is 0 Å². The van der Waals surface area contributed by atoms with Gasteiger partial charge in [0.25, 0.3) is 0 Å². The van der Waals surface area contributed by atoms with Crippen molar-refractivity contribution in [2.75, 3.05) is 0 Å². The van der Waals surface area contributed by atoms with Gasteiger partial charge in [-0.05, 0) is 16.2 Å². The molecule has 0 unspecified atom stereocenters. The zero-order valence-corrected chi connectivity index (χ0v) is 13.8. The van der Waals surface area contributed by atoms with E-state index in [0.717, 1.165) is 0 Å². The monoisotopic (exact) mass is 332 g/mol. The van der Waals surface area contributed by atoms with Crippen LogP contribution in [-0.4, -0.2) is 44.3 Å². The third kappa shape index (κ3) is 4.94. The van der Waals surface area contributed by atoms with Crippen molar-refractivity contribution in [3.63, 3.8) is 0 Å². The van der Waals surface area contributed by atoms with Gasteiger partial charge in [-0.15, -0.1) is 0 Å². The zero-order valence-electron chi connectivity index (χ0n) is 13.8. The first-order valence-corrected chi connectivity index (χ1v) is 7.04. The standard InChI is InChI=1S/C15H24O8/c1-13(2,14(3,5-9(16)17)6-10(18)19)15(4,7-11(20)21)8-12(22)23/h5-8H2,1-4H3,(H,16,17)(H,18,19)(H,20,21)(H,22,23). The van der Waals surface area contributed by atoms with Crippen molar-refractivity contribution in [2.24, 2.45) is 16.2 Å². The Morgan fingerprint density at radius 3 is 0.870 bits per heavy atom. The lowest BCUT2D eigenvalue weighted by molar-refractivity contribution is -0.160. The quantitative estimate of drug-likeness (QED) is 0.474. The molecule has 0 atom stereocenters. The summed E-state index contributed by atoms with van der Waals surface area (Å²) in [5.74, 6) is -4.91. The third-order valence-corrected chi connectivity index (χ3v) is 5.18. The van der Waals surface area contributed by atoms with Gasteiger partial charge >= 0.3 is 23.9 Å². The van der Waals surface area contributed by atoms with Gasteiger partial charge < -0.3 is 20.4 Å². The molecule has 0 radical (unpaired) electrons. The molecule has 0 saturated carbocycles. The molecule has 0 aliphatic rings. The summed E-state index contributed by atoms with van der Waals surface area (Å²) in [6.07, 6.45) is -2.05. The highest BCUT2D eigenvalue weighted by molar-refractivity contribution is 5.74. The Morgan fingerprint density at radius 1 is 0.565 bits per heavy atom. The molecule has 23 heavy (non-hydrogen) atoms. The minimum Gasteiger partial charge on any atom is -0.481 e. The molecule has 0 aromatic heterocycles. The van der Waals surface area contributed by atoms with Gasteiger partial charge in [-0.2, -0.15) is 0 Å². The van der Waals surface area contributed by atoms with Crippen molar-refractivity contribution < 1.29 is 39.6 Å². The Morgan fingerprint density at radius 2 is 0.739 bits per heavy atom. The second-order valence-corrected chi connectivity index (χ2v) is 7.03. The minimum absolute atomic E-state index is 0.513. The van der Waals surface area contributed by atoms with Crippen LogP contribution in [0.25, 0.3) is 0 Å². The summed E-state index contributed by atoms with van der Waals surface area (Å²) in [5, 5.41) is 36.5. The maximum Gasteiger partial charge on any atom is 0.303 e. The summed E-state index contributed by atoms with van der Waals surface area (Å²) in [7, 11) is 0. The second-order valence-electron chi connectivity index (χ2n) is 7.03. The van der Waals surface area contributed by atoms with Crippen molar-refractivity contribution in [1.82, 2.24) is 0 Å². The molecule has 4 N–H and O–H groups in total. The van der Waals surface area contributed by atoms with Crippen LogP contribution in [0.15, 0.2) is 0 Å². The molecule has 0 heterocycles. The van der Waals surface area contributed by atoms with Crippen LogP contribution in [0.1, 0.15) is 53.4 Å². The average Bonchev–Trinajstić information content (AvgIpc) is 2.22. The fourth-order valence-corrected chi connectivity index (χ4v) is 3.07. The zero-order chi connectivity index (χ0) is 18.6. The topological polar surface area (TPSA) is 149 Å². The molecule has 132 valence electrons. The van der Waals surface area contributed by atoms with E-state index in [-0.39, 0.29) is 0 Å². The van der Waals surface area contributed by atoms with E-state index >= 15 is 0 Å². The van der Waals surface area contributed by atoms with Crippen LogP contribution in [0.5, 0.6) is 0 Å². The summed E-state index contributed by atoms with van der Waals surface area (Å²) < 4.78 is 0. The lowest BCUT2D eigenvalue weighted by atomic mass is 9.49. The minimum atomic E-state index is -1.33. The second kappa shape index (κ2) is 6.97. The molecule has 0 aliphatic carbocycles. The molecule has 0 aromatic rings. The molecule has 0 fully saturated rings. The number of carboxylic acid groups (broad SMARTS) is 4. The van der Waals surface area contributed by atoms with E-state index in [1.165, 1.54) is 27.7 Å². The molecule has 0 bridgehead atoms. The average molecular weight is 332 g/mol. The number of rotatable bonds is 10.